The van der Waals surface area contributed by atoms with Gasteiger partial charge in [-0.05, 0) is 45.8 Å². The zero-order valence-corrected chi connectivity index (χ0v) is 14.9. The van der Waals surface area contributed by atoms with Crippen molar-refractivity contribution in [3.05, 3.63) is 52.1 Å². The highest BCUT2D eigenvalue weighted by Gasteiger charge is 2.34. The van der Waals surface area contributed by atoms with Crippen LogP contribution in [0, 0.1) is 0 Å². The Balaban J connectivity index is 1.81. The normalized spacial score (nSPS) is 15.3. The Kier molecular flexibility index (Phi) is 5.48. The summed E-state index contributed by atoms with van der Waals surface area (Å²) in [7, 11) is 0. The number of nitrogens with one attached hydrogen (secondary N) is 1. The van der Waals surface area contributed by atoms with Crippen LogP contribution in [0.1, 0.15) is 11.1 Å². The fraction of sp³-hybridized carbons (Fsp3) is 0.353. The number of ether oxygens (including phenoxy) is 1. The quantitative estimate of drug-likeness (QED) is 0.806. The minimum Gasteiger partial charge on any atom is -0.378 e. The van der Waals surface area contributed by atoms with E-state index in [0.717, 1.165) is 4.47 Å². The van der Waals surface area contributed by atoms with Gasteiger partial charge in [-0.3, -0.25) is 0 Å². The summed E-state index contributed by atoms with van der Waals surface area (Å²) < 4.78 is 46.5. The molecule has 0 radical (unpaired) electrons. The van der Waals surface area contributed by atoms with E-state index in [-0.39, 0.29) is 12.1 Å². The average molecular weight is 416 g/mol. The molecular weight excluding hydrogens is 399 g/mol. The number of halogens is 4. The van der Waals surface area contributed by atoms with Crippen LogP contribution in [-0.2, 0) is 17.5 Å². The molecule has 0 spiro atoms. The second-order valence-electron chi connectivity index (χ2n) is 5.65. The molecule has 1 aliphatic rings. The summed E-state index contributed by atoms with van der Waals surface area (Å²) >= 11 is 3.27. The highest BCUT2D eigenvalue weighted by molar-refractivity contribution is 9.10. The van der Waals surface area contributed by atoms with E-state index in [1.165, 1.54) is 12.1 Å². The van der Waals surface area contributed by atoms with Gasteiger partial charge in [0.15, 0.2) is 0 Å². The number of benzene rings is 1. The largest absolute Gasteiger partial charge is 0.416 e. The van der Waals surface area contributed by atoms with Crippen LogP contribution in [0.5, 0.6) is 0 Å². The molecule has 4 nitrogen and oxygen atoms in total. The monoisotopic (exact) mass is 415 g/mol. The third-order valence-corrected chi connectivity index (χ3v) is 4.43. The van der Waals surface area contributed by atoms with Crippen molar-refractivity contribution < 1.29 is 17.9 Å². The van der Waals surface area contributed by atoms with Crippen molar-refractivity contribution >= 4 is 27.4 Å². The lowest BCUT2D eigenvalue weighted by molar-refractivity contribution is -0.138. The number of aromatic nitrogens is 1. The van der Waals surface area contributed by atoms with E-state index in [2.05, 4.69) is 26.2 Å². The van der Waals surface area contributed by atoms with Gasteiger partial charge in [-0.1, -0.05) is 6.07 Å². The van der Waals surface area contributed by atoms with Gasteiger partial charge in [-0.2, -0.15) is 13.2 Å². The number of hydrogen-bond donors (Lipinski definition) is 1. The molecule has 134 valence electrons. The Morgan fingerprint density at radius 2 is 1.92 bits per heavy atom. The Labute approximate surface area is 152 Å². The van der Waals surface area contributed by atoms with Crippen LogP contribution >= 0.6 is 15.9 Å². The first-order valence-corrected chi connectivity index (χ1v) is 8.61. The Morgan fingerprint density at radius 1 is 1.16 bits per heavy atom. The topological polar surface area (TPSA) is 37.4 Å². The summed E-state index contributed by atoms with van der Waals surface area (Å²) in [6.07, 6.45) is -2.82. The highest BCUT2D eigenvalue weighted by atomic mass is 79.9. The molecule has 0 amide bonds. The van der Waals surface area contributed by atoms with Crippen molar-refractivity contribution in [1.82, 2.24) is 4.98 Å². The maximum atomic E-state index is 13.5. The van der Waals surface area contributed by atoms with E-state index >= 15 is 0 Å². The molecule has 1 fully saturated rings. The molecule has 1 aromatic heterocycles. The molecule has 3 rings (SSSR count). The molecule has 1 saturated heterocycles. The molecule has 8 heteroatoms. The van der Waals surface area contributed by atoms with E-state index in [4.69, 9.17) is 4.74 Å². The number of rotatable bonds is 4. The second-order valence-corrected chi connectivity index (χ2v) is 6.57. The molecule has 1 N–H and O–H groups in total. The fourth-order valence-electron chi connectivity index (χ4n) is 2.67. The standard InChI is InChI=1S/C17H17BrF3N3O/c18-13-2-4-16(23-11-13)22-10-12-1-3-14(9-15(12)17(19,20)21)24-5-7-25-8-6-24/h1-4,9,11H,5-8,10H2,(H,22,23). The number of morpholine rings is 1. The third-order valence-electron chi connectivity index (χ3n) is 3.96. The Bertz CT molecular complexity index is 716. The summed E-state index contributed by atoms with van der Waals surface area (Å²) in [6, 6.07) is 7.96. The highest BCUT2D eigenvalue weighted by Crippen LogP contribution is 2.35. The van der Waals surface area contributed by atoms with Gasteiger partial charge in [0.05, 0.1) is 18.8 Å². The van der Waals surface area contributed by atoms with E-state index in [0.29, 0.717) is 37.8 Å². The zero-order chi connectivity index (χ0) is 17.9. The van der Waals surface area contributed by atoms with E-state index in [1.54, 1.807) is 24.4 Å². The van der Waals surface area contributed by atoms with Crippen LogP contribution in [0.4, 0.5) is 24.7 Å². The van der Waals surface area contributed by atoms with Crippen LogP contribution in [0.15, 0.2) is 41.0 Å². The Morgan fingerprint density at radius 3 is 2.56 bits per heavy atom. The van der Waals surface area contributed by atoms with Crippen molar-refractivity contribution in [3.63, 3.8) is 0 Å². The third kappa shape index (κ3) is 4.64. The fourth-order valence-corrected chi connectivity index (χ4v) is 2.90. The average Bonchev–Trinajstić information content (AvgIpc) is 2.61. The zero-order valence-electron chi connectivity index (χ0n) is 13.3. The van der Waals surface area contributed by atoms with Crippen LogP contribution in [0.3, 0.4) is 0 Å². The van der Waals surface area contributed by atoms with E-state index in [9.17, 15) is 13.2 Å². The van der Waals surface area contributed by atoms with Gasteiger partial charge in [0, 0.05) is 36.0 Å². The predicted octanol–water partition coefficient (Wildman–Crippen LogP) is 4.31. The van der Waals surface area contributed by atoms with Gasteiger partial charge in [0.25, 0.3) is 0 Å². The van der Waals surface area contributed by atoms with Gasteiger partial charge in [-0.15, -0.1) is 0 Å². The number of alkyl halides is 3. The van der Waals surface area contributed by atoms with Crippen molar-refractivity contribution in [3.8, 4) is 0 Å². The van der Waals surface area contributed by atoms with Crippen LogP contribution in [0.2, 0.25) is 0 Å². The molecule has 0 atom stereocenters. The Hall–Kier alpha value is -1.80. The van der Waals surface area contributed by atoms with Gasteiger partial charge in [0.2, 0.25) is 0 Å². The lowest BCUT2D eigenvalue weighted by Crippen LogP contribution is -2.36. The molecule has 25 heavy (non-hydrogen) atoms. The molecule has 1 aliphatic heterocycles. The maximum absolute atomic E-state index is 13.5. The summed E-state index contributed by atoms with van der Waals surface area (Å²) in [5.41, 5.74) is 0.136. The predicted molar refractivity (Wildman–Crippen MR) is 93.7 cm³/mol. The minimum absolute atomic E-state index is 0.0485. The molecule has 1 aromatic carbocycles. The maximum Gasteiger partial charge on any atom is 0.416 e. The van der Waals surface area contributed by atoms with Gasteiger partial charge < -0.3 is 15.0 Å². The van der Waals surface area contributed by atoms with Crippen LogP contribution in [-0.4, -0.2) is 31.3 Å². The van der Waals surface area contributed by atoms with Crippen molar-refractivity contribution in [2.75, 3.05) is 36.5 Å². The minimum atomic E-state index is -4.41. The molecule has 2 aromatic rings. The number of pyridine rings is 1. The molecule has 2 heterocycles. The van der Waals surface area contributed by atoms with Crippen molar-refractivity contribution in [1.29, 1.82) is 0 Å². The van der Waals surface area contributed by atoms with Crippen LogP contribution < -0.4 is 10.2 Å². The van der Waals surface area contributed by atoms with Crippen LogP contribution in [0.25, 0.3) is 0 Å². The lowest BCUT2D eigenvalue weighted by Gasteiger charge is -2.29. The summed E-state index contributed by atoms with van der Waals surface area (Å²) in [5, 5.41) is 2.93. The number of anilines is 2. The van der Waals surface area contributed by atoms with Crippen molar-refractivity contribution in [2.24, 2.45) is 0 Å². The molecule has 0 aliphatic carbocycles. The lowest BCUT2D eigenvalue weighted by atomic mass is 10.0. The summed E-state index contributed by atoms with van der Waals surface area (Å²) in [4.78, 5) is 6.02. The van der Waals surface area contributed by atoms with Gasteiger partial charge in [0.1, 0.15) is 5.82 Å². The first-order chi connectivity index (χ1) is 11.9. The molecule has 0 unspecified atom stereocenters. The molecule has 0 saturated carbocycles. The van der Waals surface area contributed by atoms with E-state index in [1.807, 2.05) is 4.90 Å². The first kappa shape index (κ1) is 18.0. The first-order valence-electron chi connectivity index (χ1n) is 7.82. The van der Waals surface area contributed by atoms with E-state index < -0.39 is 11.7 Å². The van der Waals surface area contributed by atoms with Crippen molar-refractivity contribution in [2.45, 2.75) is 12.7 Å². The smallest absolute Gasteiger partial charge is 0.378 e. The molecule has 0 bridgehead atoms. The number of nitrogens with zero attached hydrogens (tertiary/aromatic N) is 2. The summed E-state index contributed by atoms with van der Waals surface area (Å²) in [5.74, 6) is 0.522. The molecular formula is C17H17BrF3N3O. The number of hydrogen-bond acceptors (Lipinski definition) is 4. The SMILES string of the molecule is FC(F)(F)c1cc(N2CCOCC2)ccc1CNc1ccc(Br)cn1. The van der Waals surface area contributed by atoms with Gasteiger partial charge in [-0.25, -0.2) is 4.98 Å². The van der Waals surface area contributed by atoms with Gasteiger partial charge >= 0.3 is 6.18 Å². The summed E-state index contributed by atoms with van der Waals surface area (Å²) in [6.45, 7) is 2.29. The second kappa shape index (κ2) is 7.61.